The maximum Gasteiger partial charge on any atom is 0.320 e. The molecule has 114 valence electrons. The summed E-state index contributed by atoms with van der Waals surface area (Å²) in [5.74, 6) is -1.10. The van der Waals surface area contributed by atoms with Crippen LogP contribution in [-0.2, 0) is 16.2 Å². The molecule has 1 fully saturated rings. The fraction of sp³-hybridized carbons (Fsp3) is 0.429. The highest BCUT2D eigenvalue weighted by Gasteiger charge is 2.34. The van der Waals surface area contributed by atoms with Crippen molar-refractivity contribution in [2.24, 2.45) is 0 Å². The molecule has 0 spiro atoms. The molecule has 1 aliphatic rings. The molecule has 1 aromatic rings. The normalized spacial score (nSPS) is 22.8. The summed E-state index contributed by atoms with van der Waals surface area (Å²) >= 11 is 1.45. The van der Waals surface area contributed by atoms with Gasteiger partial charge in [0.25, 0.3) is 0 Å². The fourth-order valence-electron chi connectivity index (χ4n) is 2.36. The molecule has 2 rings (SSSR count). The van der Waals surface area contributed by atoms with E-state index in [1.54, 1.807) is 18.0 Å². The number of hydrogen-bond acceptors (Lipinski definition) is 5. The van der Waals surface area contributed by atoms with Gasteiger partial charge in [0, 0.05) is 23.5 Å². The van der Waals surface area contributed by atoms with Crippen molar-refractivity contribution >= 4 is 29.3 Å². The zero-order valence-electron chi connectivity index (χ0n) is 11.7. The highest BCUT2D eigenvalue weighted by Crippen LogP contribution is 2.17. The van der Waals surface area contributed by atoms with Gasteiger partial charge in [-0.15, -0.1) is 11.3 Å². The van der Waals surface area contributed by atoms with Gasteiger partial charge in [0.15, 0.2) is 0 Å². The lowest BCUT2D eigenvalue weighted by atomic mass is 10.1. The second kappa shape index (κ2) is 6.84. The zero-order chi connectivity index (χ0) is 15.4. The number of hydrogen-bond donors (Lipinski definition) is 3. The van der Waals surface area contributed by atoms with Gasteiger partial charge in [0.2, 0.25) is 5.91 Å². The Hall–Kier alpha value is -1.70. The zero-order valence-corrected chi connectivity index (χ0v) is 12.5. The summed E-state index contributed by atoms with van der Waals surface area (Å²) in [5.41, 5.74) is 0.821. The third kappa shape index (κ3) is 4.13. The van der Waals surface area contributed by atoms with Crippen LogP contribution in [0.5, 0.6) is 0 Å². The van der Waals surface area contributed by atoms with E-state index >= 15 is 0 Å². The van der Waals surface area contributed by atoms with Gasteiger partial charge in [-0.25, -0.2) is 0 Å². The van der Waals surface area contributed by atoms with Gasteiger partial charge in [-0.2, -0.15) is 0 Å². The minimum Gasteiger partial charge on any atom is -0.480 e. The fourth-order valence-corrected chi connectivity index (χ4v) is 3.16. The number of nitrogens with zero attached hydrogens (tertiary/aromatic N) is 1. The first-order valence-corrected chi connectivity index (χ1v) is 7.47. The number of likely N-dealkylation sites (tertiary alicyclic amines) is 1. The SMILES string of the molecule is CN1C[C@H](NC(=O)C=Cc2cc(CO)cs2)C[C@H]1C(=O)O. The van der Waals surface area contributed by atoms with E-state index in [1.807, 2.05) is 11.4 Å². The molecule has 0 radical (unpaired) electrons. The van der Waals surface area contributed by atoms with Crippen molar-refractivity contribution in [2.75, 3.05) is 13.6 Å². The van der Waals surface area contributed by atoms with Crippen LogP contribution in [-0.4, -0.2) is 52.7 Å². The van der Waals surface area contributed by atoms with E-state index in [1.165, 1.54) is 17.4 Å². The van der Waals surface area contributed by atoms with E-state index in [0.29, 0.717) is 13.0 Å². The number of amides is 1. The van der Waals surface area contributed by atoms with Crippen LogP contribution < -0.4 is 5.32 Å². The predicted molar refractivity (Wildman–Crippen MR) is 79.9 cm³/mol. The van der Waals surface area contributed by atoms with Crippen LogP contribution in [0.15, 0.2) is 17.5 Å². The molecule has 1 saturated heterocycles. The standard InChI is InChI=1S/C14H18N2O4S/c1-16-6-10(5-12(16)14(19)20)15-13(18)3-2-11-4-9(7-17)8-21-11/h2-4,8,10,12,17H,5-7H2,1H3,(H,15,18)(H,19,20)/t10-,12+/m1/s1. The first-order valence-electron chi connectivity index (χ1n) is 6.59. The summed E-state index contributed by atoms with van der Waals surface area (Å²) in [4.78, 5) is 25.4. The molecular formula is C14H18N2O4S. The maximum atomic E-state index is 11.8. The van der Waals surface area contributed by atoms with Crippen molar-refractivity contribution in [3.8, 4) is 0 Å². The Morgan fingerprint density at radius 2 is 2.33 bits per heavy atom. The number of aliphatic carboxylic acids is 1. The monoisotopic (exact) mass is 310 g/mol. The molecule has 2 heterocycles. The van der Waals surface area contributed by atoms with Crippen molar-refractivity contribution in [2.45, 2.75) is 25.1 Å². The van der Waals surface area contributed by atoms with Gasteiger partial charge < -0.3 is 15.5 Å². The number of aliphatic hydroxyl groups is 1. The quantitative estimate of drug-likeness (QED) is 0.690. The molecule has 0 aliphatic carbocycles. The van der Waals surface area contributed by atoms with E-state index in [2.05, 4.69) is 5.32 Å². The second-order valence-electron chi connectivity index (χ2n) is 5.08. The van der Waals surface area contributed by atoms with Crippen LogP contribution in [0.3, 0.4) is 0 Å². The summed E-state index contributed by atoms with van der Waals surface area (Å²) in [6, 6.07) is 1.13. The molecule has 1 amide bonds. The maximum absolute atomic E-state index is 11.8. The summed E-state index contributed by atoms with van der Waals surface area (Å²) < 4.78 is 0. The highest BCUT2D eigenvalue weighted by molar-refractivity contribution is 7.11. The van der Waals surface area contributed by atoms with Crippen LogP contribution in [0.2, 0.25) is 0 Å². The molecule has 0 saturated carbocycles. The first-order chi connectivity index (χ1) is 9.99. The number of nitrogens with one attached hydrogen (secondary N) is 1. The molecule has 0 unspecified atom stereocenters. The van der Waals surface area contributed by atoms with Gasteiger partial charge in [-0.1, -0.05) is 0 Å². The van der Waals surface area contributed by atoms with E-state index < -0.39 is 12.0 Å². The van der Waals surface area contributed by atoms with Crippen molar-refractivity contribution in [1.29, 1.82) is 0 Å². The van der Waals surface area contributed by atoms with Crippen molar-refractivity contribution in [3.05, 3.63) is 28.0 Å². The third-order valence-electron chi connectivity index (χ3n) is 3.44. The van der Waals surface area contributed by atoms with Crippen LogP contribution in [0.1, 0.15) is 16.9 Å². The Labute approximate surface area is 126 Å². The largest absolute Gasteiger partial charge is 0.480 e. The molecule has 0 bridgehead atoms. The van der Waals surface area contributed by atoms with E-state index in [-0.39, 0.29) is 18.6 Å². The van der Waals surface area contributed by atoms with Gasteiger partial charge in [-0.05, 0) is 36.6 Å². The van der Waals surface area contributed by atoms with Crippen molar-refractivity contribution in [1.82, 2.24) is 10.2 Å². The van der Waals surface area contributed by atoms with Crippen molar-refractivity contribution in [3.63, 3.8) is 0 Å². The minimum absolute atomic E-state index is 0.0124. The molecule has 7 heteroatoms. The Balaban J connectivity index is 1.86. The average molecular weight is 310 g/mol. The number of thiophene rings is 1. The molecule has 21 heavy (non-hydrogen) atoms. The topological polar surface area (TPSA) is 89.9 Å². The molecule has 1 aliphatic heterocycles. The van der Waals surface area contributed by atoms with Crippen LogP contribution in [0.25, 0.3) is 6.08 Å². The summed E-state index contributed by atoms with van der Waals surface area (Å²) in [5, 5.41) is 22.6. The smallest absolute Gasteiger partial charge is 0.320 e. The molecule has 1 aromatic heterocycles. The average Bonchev–Trinajstić information content (AvgIpc) is 3.03. The Morgan fingerprint density at radius 1 is 1.57 bits per heavy atom. The Bertz CT molecular complexity index is 555. The number of carbonyl (C=O) groups excluding carboxylic acids is 1. The van der Waals surface area contributed by atoms with Crippen LogP contribution >= 0.6 is 11.3 Å². The van der Waals surface area contributed by atoms with E-state index in [9.17, 15) is 9.59 Å². The van der Waals surface area contributed by atoms with Gasteiger partial charge >= 0.3 is 5.97 Å². The Kier molecular flexibility index (Phi) is 5.11. The van der Waals surface area contributed by atoms with Crippen molar-refractivity contribution < 1.29 is 19.8 Å². The molecule has 0 aromatic carbocycles. The molecule has 3 N–H and O–H groups in total. The minimum atomic E-state index is -0.861. The van der Waals surface area contributed by atoms with Gasteiger partial charge in [-0.3, -0.25) is 14.5 Å². The number of rotatable bonds is 5. The number of carboxylic acids is 1. The molecule has 2 atom stereocenters. The highest BCUT2D eigenvalue weighted by atomic mass is 32.1. The third-order valence-corrected chi connectivity index (χ3v) is 4.38. The first kappa shape index (κ1) is 15.7. The number of aliphatic hydroxyl groups excluding tert-OH is 1. The second-order valence-corrected chi connectivity index (χ2v) is 6.03. The van der Waals surface area contributed by atoms with Crippen LogP contribution in [0, 0.1) is 0 Å². The van der Waals surface area contributed by atoms with E-state index in [0.717, 1.165) is 10.4 Å². The molecule has 6 nitrogen and oxygen atoms in total. The van der Waals surface area contributed by atoms with Crippen LogP contribution in [0.4, 0.5) is 0 Å². The number of likely N-dealkylation sites (N-methyl/N-ethyl adjacent to an activating group) is 1. The van der Waals surface area contributed by atoms with E-state index in [4.69, 9.17) is 10.2 Å². The predicted octanol–water partition coefficient (Wildman–Crippen LogP) is 0.527. The number of carboxylic acid groups (broad SMARTS) is 1. The lowest BCUT2D eigenvalue weighted by Gasteiger charge is -2.13. The summed E-state index contributed by atoms with van der Waals surface area (Å²) in [7, 11) is 1.74. The number of carbonyl (C=O) groups is 2. The Morgan fingerprint density at radius 3 is 2.90 bits per heavy atom. The lowest BCUT2D eigenvalue weighted by molar-refractivity contribution is -0.141. The van der Waals surface area contributed by atoms with Gasteiger partial charge in [0.1, 0.15) is 6.04 Å². The summed E-state index contributed by atoms with van der Waals surface area (Å²) in [6.07, 6.45) is 3.53. The summed E-state index contributed by atoms with van der Waals surface area (Å²) in [6.45, 7) is 0.520. The van der Waals surface area contributed by atoms with Gasteiger partial charge in [0.05, 0.1) is 6.61 Å². The molecular weight excluding hydrogens is 292 g/mol. The lowest BCUT2D eigenvalue weighted by Crippen LogP contribution is -2.35.